The molecule has 0 radical (unpaired) electrons. The molecule has 26 heavy (non-hydrogen) atoms. The number of ether oxygens (including phenoxy) is 1. The number of fused-ring (bicyclic) bond motifs is 1. The number of aromatic amines is 1. The van der Waals surface area contributed by atoms with E-state index in [2.05, 4.69) is 21.6 Å². The zero-order valence-corrected chi connectivity index (χ0v) is 15.6. The Balaban J connectivity index is 1.56. The van der Waals surface area contributed by atoms with Crippen molar-refractivity contribution in [3.05, 3.63) is 54.4 Å². The summed E-state index contributed by atoms with van der Waals surface area (Å²) >= 11 is 0. The maximum atomic E-state index is 12.4. The van der Waals surface area contributed by atoms with E-state index in [1.54, 1.807) is 24.3 Å². The molecule has 0 saturated carbocycles. The molecule has 0 spiro atoms. The predicted octanol–water partition coefficient (Wildman–Crippen LogP) is 3.26. The summed E-state index contributed by atoms with van der Waals surface area (Å²) in [4.78, 5) is 7.86. The Hall–Kier alpha value is -2.38. The van der Waals surface area contributed by atoms with Gasteiger partial charge >= 0.3 is 0 Å². The monoisotopic (exact) mass is 373 g/mol. The Morgan fingerprint density at radius 3 is 2.62 bits per heavy atom. The van der Waals surface area contributed by atoms with Gasteiger partial charge in [0.1, 0.15) is 11.6 Å². The van der Waals surface area contributed by atoms with Gasteiger partial charge in [0.25, 0.3) is 0 Å². The Morgan fingerprint density at radius 2 is 1.88 bits per heavy atom. The Bertz CT molecular complexity index is 917. The number of imidazole rings is 1. The molecule has 0 fully saturated rings. The first-order valence-corrected chi connectivity index (χ1v) is 10.2. The molecule has 0 aliphatic heterocycles. The van der Waals surface area contributed by atoms with E-state index in [1.165, 1.54) is 0 Å². The molecule has 0 aliphatic rings. The van der Waals surface area contributed by atoms with Gasteiger partial charge in [-0.05, 0) is 42.8 Å². The standard InChI is InChI=1S/C19H23N3O3S/c1-2-3-14-25-15-8-10-16(11-9-15)26(23,24)20-13-12-19-21-17-6-4-5-7-18(17)22-19/h4-11,20H,2-3,12-14H2,1H3,(H,21,22). The molecule has 6 nitrogen and oxygen atoms in total. The molecular weight excluding hydrogens is 350 g/mol. The van der Waals surface area contributed by atoms with Crippen molar-refractivity contribution in [2.24, 2.45) is 0 Å². The van der Waals surface area contributed by atoms with Crippen LogP contribution in [0.3, 0.4) is 0 Å². The lowest BCUT2D eigenvalue weighted by molar-refractivity contribution is 0.309. The SMILES string of the molecule is CCCCOc1ccc(S(=O)(=O)NCCc2nc3ccccc3[nH]2)cc1. The van der Waals surface area contributed by atoms with Gasteiger partial charge in [0.15, 0.2) is 0 Å². The van der Waals surface area contributed by atoms with Crippen LogP contribution in [0.15, 0.2) is 53.4 Å². The van der Waals surface area contributed by atoms with E-state index in [1.807, 2.05) is 24.3 Å². The van der Waals surface area contributed by atoms with Gasteiger partial charge in [-0.15, -0.1) is 0 Å². The van der Waals surface area contributed by atoms with Crippen LogP contribution in [0.25, 0.3) is 11.0 Å². The number of unbranched alkanes of at least 4 members (excludes halogenated alkanes) is 1. The average Bonchev–Trinajstić information content (AvgIpc) is 3.05. The maximum Gasteiger partial charge on any atom is 0.240 e. The van der Waals surface area contributed by atoms with E-state index in [9.17, 15) is 8.42 Å². The smallest absolute Gasteiger partial charge is 0.240 e. The minimum atomic E-state index is -3.55. The second-order valence-electron chi connectivity index (χ2n) is 6.02. The van der Waals surface area contributed by atoms with Gasteiger partial charge in [0.05, 0.1) is 22.5 Å². The number of benzene rings is 2. The quantitative estimate of drug-likeness (QED) is 0.564. The van der Waals surface area contributed by atoms with Gasteiger partial charge < -0.3 is 9.72 Å². The molecule has 2 aromatic carbocycles. The lowest BCUT2D eigenvalue weighted by Gasteiger charge is -2.08. The molecule has 0 bridgehead atoms. The topological polar surface area (TPSA) is 84.1 Å². The normalized spacial score (nSPS) is 11.7. The minimum Gasteiger partial charge on any atom is -0.494 e. The molecular formula is C19H23N3O3S. The van der Waals surface area contributed by atoms with E-state index in [4.69, 9.17) is 4.74 Å². The molecule has 0 unspecified atom stereocenters. The van der Waals surface area contributed by atoms with Crippen molar-refractivity contribution in [2.75, 3.05) is 13.2 Å². The molecule has 1 heterocycles. The van der Waals surface area contributed by atoms with Crippen molar-refractivity contribution in [1.29, 1.82) is 0 Å². The molecule has 138 valence electrons. The van der Waals surface area contributed by atoms with Crippen LogP contribution in [0.5, 0.6) is 5.75 Å². The van der Waals surface area contributed by atoms with E-state index >= 15 is 0 Å². The van der Waals surface area contributed by atoms with Gasteiger partial charge in [-0.3, -0.25) is 0 Å². The zero-order chi connectivity index (χ0) is 18.4. The van der Waals surface area contributed by atoms with Crippen LogP contribution in [0.2, 0.25) is 0 Å². The molecule has 2 N–H and O–H groups in total. The van der Waals surface area contributed by atoms with Crippen molar-refractivity contribution in [2.45, 2.75) is 31.1 Å². The number of hydrogen-bond donors (Lipinski definition) is 2. The number of hydrogen-bond acceptors (Lipinski definition) is 4. The van der Waals surface area contributed by atoms with Crippen LogP contribution in [-0.2, 0) is 16.4 Å². The number of aromatic nitrogens is 2. The zero-order valence-electron chi connectivity index (χ0n) is 14.7. The van der Waals surface area contributed by atoms with Crippen LogP contribution in [0, 0.1) is 0 Å². The fourth-order valence-electron chi connectivity index (χ4n) is 2.56. The summed E-state index contributed by atoms with van der Waals surface area (Å²) in [6, 6.07) is 14.2. The number of nitrogens with one attached hydrogen (secondary N) is 2. The first kappa shape index (κ1) is 18.4. The lowest BCUT2D eigenvalue weighted by atomic mass is 10.3. The first-order chi connectivity index (χ1) is 12.6. The van der Waals surface area contributed by atoms with Crippen LogP contribution in [-0.4, -0.2) is 31.5 Å². The number of nitrogens with zero attached hydrogens (tertiary/aromatic N) is 1. The summed E-state index contributed by atoms with van der Waals surface area (Å²) in [6.07, 6.45) is 2.52. The molecule has 1 aromatic heterocycles. The van der Waals surface area contributed by atoms with Crippen LogP contribution in [0.1, 0.15) is 25.6 Å². The fourth-order valence-corrected chi connectivity index (χ4v) is 3.59. The van der Waals surface area contributed by atoms with Crippen molar-refractivity contribution in [3.63, 3.8) is 0 Å². The van der Waals surface area contributed by atoms with Crippen molar-refractivity contribution in [1.82, 2.24) is 14.7 Å². The Morgan fingerprint density at radius 1 is 1.12 bits per heavy atom. The predicted molar refractivity (Wildman–Crippen MR) is 102 cm³/mol. The number of para-hydroxylation sites is 2. The summed E-state index contributed by atoms with van der Waals surface area (Å²) in [6.45, 7) is 3.01. The molecule has 7 heteroatoms. The third-order valence-corrected chi connectivity index (χ3v) is 5.47. The molecule has 0 atom stereocenters. The third-order valence-electron chi connectivity index (χ3n) is 3.99. The summed E-state index contributed by atoms with van der Waals surface area (Å²) in [5.41, 5.74) is 1.83. The highest BCUT2D eigenvalue weighted by Gasteiger charge is 2.14. The van der Waals surface area contributed by atoms with Crippen molar-refractivity contribution in [3.8, 4) is 5.75 Å². The summed E-state index contributed by atoms with van der Waals surface area (Å²) in [7, 11) is -3.55. The average molecular weight is 373 g/mol. The molecule has 3 aromatic rings. The highest BCUT2D eigenvalue weighted by molar-refractivity contribution is 7.89. The minimum absolute atomic E-state index is 0.227. The van der Waals surface area contributed by atoms with E-state index in [-0.39, 0.29) is 11.4 Å². The van der Waals surface area contributed by atoms with Gasteiger partial charge in [0, 0.05) is 13.0 Å². The largest absolute Gasteiger partial charge is 0.494 e. The lowest BCUT2D eigenvalue weighted by Crippen LogP contribution is -2.26. The molecule has 0 amide bonds. The second-order valence-corrected chi connectivity index (χ2v) is 7.79. The fraction of sp³-hybridized carbons (Fsp3) is 0.316. The molecule has 3 rings (SSSR count). The Kier molecular flexibility index (Phi) is 5.90. The number of sulfonamides is 1. The molecule has 0 saturated heterocycles. The Labute approximate surface area is 153 Å². The number of H-pyrrole nitrogens is 1. The van der Waals surface area contributed by atoms with E-state index in [0.717, 1.165) is 29.7 Å². The summed E-state index contributed by atoms with van der Waals surface area (Å²) < 4.78 is 32.9. The maximum absolute atomic E-state index is 12.4. The third kappa shape index (κ3) is 4.62. The second kappa shape index (κ2) is 8.33. The van der Waals surface area contributed by atoms with Crippen molar-refractivity contribution < 1.29 is 13.2 Å². The highest BCUT2D eigenvalue weighted by Crippen LogP contribution is 2.16. The number of rotatable bonds is 9. The van der Waals surface area contributed by atoms with Gasteiger partial charge in [-0.1, -0.05) is 25.5 Å². The first-order valence-electron chi connectivity index (χ1n) is 8.74. The summed E-state index contributed by atoms with van der Waals surface area (Å²) in [5.74, 6) is 1.44. The summed E-state index contributed by atoms with van der Waals surface area (Å²) in [5, 5.41) is 0. The van der Waals surface area contributed by atoms with Gasteiger partial charge in [-0.25, -0.2) is 18.1 Å². The van der Waals surface area contributed by atoms with Gasteiger partial charge in [0.2, 0.25) is 10.0 Å². The van der Waals surface area contributed by atoms with Crippen LogP contribution >= 0.6 is 0 Å². The van der Waals surface area contributed by atoms with E-state index < -0.39 is 10.0 Å². The van der Waals surface area contributed by atoms with Crippen LogP contribution in [0.4, 0.5) is 0 Å². The van der Waals surface area contributed by atoms with E-state index in [0.29, 0.717) is 18.8 Å². The van der Waals surface area contributed by atoms with Gasteiger partial charge in [-0.2, -0.15) is 0 Å². The highest BCUT2D eigenvalue weighted by atomic mass is 32.2. The van der Waals surface area contributed by atoms with Crippen molar-refractivity contribution >= 4 is 21.1 Å². The van der Waals surface area contributed by atoms with Crippen LogP contribution < -0.4 is 9.46 Å². The molecule has 0 aliphatic carbocycles.